The lowest BCUT2D eigenvalue weighted by molar-refractivity contribution is -0.0221. The van der Waals surface area contributed by atoms with Gasteiger partial charge in [0.05, 0.1) is 6.10 Å². The highest BCUT2D eigenvalue weighted by Crippen LogP contribution is 2.03. The molecule has 0 spiro atoms. The minimum atomic E-state index is -2.36. The summed E-state index contributed by atoms with van der Waals surface area (Å²) in [7, 11) is 1.84. The zero-order valence-corrected chi connectivity index (χ0v) is 7.81. The van der Waals surface area contributed by atoms with E-state index in [9.17, 15) is 8.78 Å². The Labute approximate surface area is 72.3 Å². The molecule has 12 heavy (non-hydrogen) atoms. The lowest BCUT2D eigenvalue weighted by atomic mass is 10.1. The number of alkyl halides is 2. The standard InChI is InChI=1S/C8H17F2NO/c1-6(11-3)4-7(2)12-5-8(9)10/h6-8,11H,4-5H2,1-3H3. The number of halogens is 2. The van der Waals surface area contributed by atoms with Crippen molar-refractivity contribution >= 4 is 0 Å². The molecule has 0 amide bonds. The average Bonchev–Trinajstić information content (AvgIpc) is 2.00. The molecule has 0 rings (SSSR count). The molecule has 4 heteroatoms. The summed E-state index contributed by atoms with van der Waals surface area (Å²) in [5, 5.41) is 3.02. The highest BCUT2D eigenvalue weighted by atomic mass is 19.3. The van der Waals surface area contributed by atoms with Crippen LogP contribution in [0, 0.1) is 0 Å². The quantitative estimate of drug-likeness (QED) is 0.672. The molecule has 0 aliphatic carbocycles. The van der Waals surface area contributed by atoms with Crippen molar-refractivity contribution in [3.63, 3.8) is 0 Å². The van der Waals surface area contributed by atoms with Gasteiger partial charge in [0, 0.05) is 6.04 Å². The minimum Gasteiger partial charge on any atom is -0.373 e. The van der Waals surface area contributed by atoms with Crippen LogP contribution in [0.1, 0.15) is 20.3 Å². The van der Waals surface area contributed by atoms with Gasteiger partial charge < -0.3 is 10.1 Å². The lowest BCUT2D eigenvalue weighted by Crippen LogP contribution is -2.27. The summed E-state index contributed by atoms with van der Waals surface area (Å²) in [6.45, 7) is 3.33. The fourth-order valence-electron chi connectivity index (χ4n) is 0.921. The number of nitrogens with one attached hydrogen (secondary N) is 1. The van der Waals surface area contributed by atoms with E-state index < -0.39 is 13.0 Å². The highest BCUT2D eigenvalue weighted by Gasteiger charge is 2.10. The summed E-state index contributed by atoms with van der Waals surface area (Å²) >= 11 is 0. The maximum atomic E-state index is 11.7. The van der Waals surface area contributed by atoms with Crippen LogP contribution < -0.4 is 5.32 Å². The third-order valence-corrected chi connectivity index (χ3v) is 1.69. The zero-order valence-electron chi connectivity index (χ0n) is 7.81. The molecule has 0 fully saturated rings. The van der Waals surface area contributed by atoms with Crippen LogP contribution in [0.15, 0.2) is 0 Å². The van der Waals surface area contributed by atoms with Crippen molar-refractivity contribution in [2.24, 2.45) is 0 Å². The normalized spacial score (nSPS) is 16.5. The van der Waals surface area contributed by atoms with Crippen LogP contribution in [-0.4, -0.2) is 32.2 Å². The third kappa shape index (κ3) is 6.49. The summed E-state index contributed by atoms with van der Waals surface area (Å²) in [6.07, 6.45) is -1.72. The number of rotatable bonds is 6. The number of ether oxygens (including phenoxy) is 1. The van der Waals surface area contributed by atoms with E-state index in [1.807, 2.05) is 14.0 Å². The van der Waals surface area contributed by atoms with Crippen molar-refractivity contribution < 1.29 is 13.5 Å². The van der Waals surface area contributed by atoms with Gasteiger partial charge in [0.15, 0.2) is 0 Å². The van der Waals surface area contributed by atoms with E-state index in [0.717, 1.165) is 6.42 Å². The topological polar surface area (TPSA) is 21.3 Å². The second-order valence-electron chi connectivity index (χ2n) is 2.96. The summed E-state index contributed by atoms with van der Waals surface area (Å²) in [4.78, 5) is 0. The van der Waals surface area contributed by atoms with Gasteiger partial charge in [0.2, 0.25) is 0 Å². The van der Waals surface area contributed by atoms with Crippen LogP contribution in [0.25, 0.3) is 0 Å². The number of hydrogen-bond acceptors (Lipinski definition) is 2. The van der Waals surface area contributed by atoms with Crippen LogP contribution >= 0.6 is 0 Å². The van der Waals surface area contributed by atoms with Crippen molar-refractivity contribution in [2.75, 3.05) is 13.7 Å². The van der Waals surface area contributed by atoms with Gasteiger partial charge >= 0.3 is 0 Å². The SMILES string of the molecule is CNC(C)CC(C)OCC(F)F. The summed E-state index contributed by atoms with van der Waals surface area (Å²) < 4.78 is 28.2. The lowest BCUT2D eigenvalue weighted by Gasteiger charge is -2.16. The van der Waals surface area contributed by atoms with E-state index >= 15 is 0 Å². The summed E-state index contributed by atoms with van der Waals surface area (Å²) in [5.41, 5.74) is 0. The molecule has 0 radical (unpaired) electrons. The second kappa shape index (κ2) is 6.31. The fraction of sp³-hybridized carbons (Fsp3) is 1.00. The molecule has 0 bridgehead atoms. The van der Waals surface area contributed by atoms with Gasteiger partial charge in [0.25, 0.3) is 6.43 Å². The van der Waals surface area contributed by atoms with Crippen LogP contribution in [0.5, 0.6) is 0 Å². The summed E-state index contributed by atoms with van der Waals surface area (Å²) in [6, 6.07) is 0.303. The van der Waals surface area contributed by atoms with Crippen LogP contribution in [0.3, 0.4) is 0 Å². The second-order valence-corrected chi connectivity index (χ2v) is 2.96. The monoisotopic (exact) mass is 181 g/mol. The molecular formula is C8H17F2NO. The Hall–Kier alpha value is -0.220. The van der Waals surface area contributed by atoms with Crippen molar-refractivity contribution in [2.45, 2.75) is 38.8 Å². The third-order valence-electron chi connectivity index (χ3n) is 1.69. The molecule has 2 nitrogen and oxygen atoms in total. The first-order valence-corrected chi connectivity index (χ1v) is 4.13. The van der Waals surface area contributed by atoms with Gasteiger partial charge in [-0.25, -0.2) is 8.78 Å². The van der Waals surface area contributed by atoms with Crippen molar-refractivity contribution in [1.29, 1.82) is 0 Å². The Morgan fingerprint density at radius 3 is 2.33 bits per heavy atom. The Morgan fingerprint density at radius 1 is 1.33 bits per heavy atom. The maximum absolute atomic E-state index is 11.7. The van der Waals surface area contributed by atoms with Gasteiger partial charge in [-0.1, -0.05) is 0 Å². The molecule has 0 aromatic carbocycles. The maximum Gasteiger partial charge on any atom is 0.261 e. The van der Waals surface area contributed by atoms with E-state index in [1.165, 1.54) is 0 Å². The predicted molar refractivity (Wildman–Crippen MR) is 44.6 cm³/mol. The van der Waals surface area contributed by atoms with Crippen molar-refractivity contribution in [3.05, 3.63) is 0 Å². The number of hydrogen-bond donors (Lipinski definition) is 1. The largest absolute Gasteiger partial charge is 0.373 e. The fourth-order valence-corrected chi connectivity index (χ4v) is 0.921. The van der Waals surface area contributed by atoms with E-state index in [1.54, 1.807) is 6.92 Å². The van der Waals surface area contributed by atoms with E-state index in [4.69, 9.17) is 4.74 Å². The molecule has 1 N–H and O–H groups in total. The van der Waals surface area contributed by atoms with Crippen molar-refractivity contribution in [3.8, 4) is 0 Å². The van der Waals surface area contributed by atoms with E-state index in [0.29, 0.717) is 6.04 Å². The van der Waals surface area contributed by atoms with Crippen LogP contribution in [-0.2, 0) is 4.74 Å². The first-order valence-electron chi connectivity index (χ1n) is 4.13. The first kappa shape index (κ1) is 11.8. The van der Waals surface area contributed by atoms with Gasteiger partial charge in [-0.15, -0.1) is 0 Å². The van der Waals surface area contributed by atoms with Gasteiger partial charge in [-0.05, 0) is 27.3 Å². The van der Waals surface area contributed by atoms with E-state index in [-0.39, 0.29) is 6.10 Å². The highest BCUT2D eigenvalue weighted by molar-refractivity contribution is 4.62. The molecule has 2 unspecified atom stereocenters. The smallest absolute Gasteiger partial charge is 0.261 e. The van der Waals surface area contributed by atoms with Gasteiger partial charge in [0.1, 0.15) is 6.61 Å². The molecule has 0 aliphatic heterocycles. The predicted octanol–water partition coefficient (Wildman–Crippen LogP) is 1.65. The molecule has 0 aliphatic rings. The van der Waals surface area contributed by atoms with Crippen LogP contribution in [0.2, 0.25) is 0 Å². The van der Waals surface area contributed by atoms with E-state index in [2.05, 4.69) is 5.32 Å². The molecule has 2 atom stereocenters. The molecular weight excluding hydrogens is 164 g/mol. The zero-order chi connectivity index (χ0) is 9.56. The summed E-state index contributed by atoms with van der Waals surface area (Å²) in [5.74, 6) is 0. The Balaban J connectivity index is 3.39. The van der Waals surface area contributed by atoms with Gasteiger partial charge in [-0.2, -0.15) is 0 Å². The molecule has 0 aromatic rings. The first-order chi connectivity index (χ1) is 5.56. The molecule has 0 saturated heterocycles. The molecule has 0 saturated carbocycles. The molecule has 74 valence electrons. The molecule has 0 aromatic heterocycles. The average molecular weight is 181 g/mol. The van der Waals surface area contributed by atoms with Crippen LogP contribution in [0.4, 0.5) is 8.78 Å². The van der Waals surface area contributed by atoms with Gasteiger partial charge in [-0.3, -0.25) is 0 Å². The Kier molecular flexibility index (Phi) is 6.20. The minimum absolute atomic E-state index is 0.110. The Bertz CT molecular complexity index is 111. The van der Waals surface area contributed by atoms with Crippen molar-refractivity contribution in [1.82, 2.24) is 5.32 Å². The molecule has 0 heterocycles. The Morgan fingerprint density at radius 2 is 1.92 bits per heavy atom.